The van der Waals surface area contributed by atoms with Crippen molar-refractivity contribution >= 4 is 34.9 Å². The van der Waals surface area contributed by atoms with Gasteiger partial charge in [-0.2, -0.15) is 0 Å². The zero-order valence-corrected chi connectivity index (χ0v) is 12.0. The number of hydrogen-bond acceptors (Lipinski definition) is 2. The third-order valence-corrected chi connectivity index (χ3v) is 3.72. The van der Waals surface area contributed by atoms with Crippen molar-refractivity contribution in [3.8, 4) is 0 Å². The van der Waals surface area contributed by atoms with Crippen molar-refractivity contribution in [3.05, 3.63) is 63.3 Å². The van der Waals surface area contributed by atoms with Crippen LogP contribution in [0.3, 0.4) is 0 Å². The molecule has 98 valence electrons. The van der Waals surface area contributed by atoms with Crippen LogP contribution in [0.2, 0.25) is 5.02 Å². The highest BCUT2D eigenvalue weighted by molar-refractivity contribution is 7.10. The van der Waals surface area contributed by atoms with Gasteiger partial charge in [-0.1, -0.05) is 29.8 Å². The summed E-state index contributed by atoms with van der Waals surface area (Å²) >= 11 is 7.53. The Balaban J connectivity index is 1.95. The molecule has 0 unspecified atom stereocenters. The van der Waals surface area contributed by atoms with Gasteiger partial charge in [-0.25, -0.2) is 0 Å². The van der Waals surface area contributed by atoms with Crippen LogP contribution in [-0.2, 0) is 4.79 Å². The van der Waals surface area contributed by atoms with Gasteiger partial charge in [0, 0.05) is 16.0 Å². The highest BCUT2D eigenvalue weighted by atomic mass is 35.5. The van der Waals surface area contributed by atoms with Crippen molar-refractivity contribution in [2.75, 3.05) is 0 Å². The third-order valence-electron chi connectivity index (χ3n) is 2.65. The molecule has 0 aliphatic rings. The molecule has 0 aliphatic carbocycles. The zero-order valence-electron chi connectivity index (χ0n) is 10.5. The van der Waals surface area contributed by atoms with E-state index >= 15 is 0 Å². The Morgan fingerprint density at radius 2 is 2.21 bits per heavy atom. The lowest BCUT2D eigenvalue weighted by Crippen LogP contribution is -2.24. The smallest absolute Gasteiger partial charge is 0.244 e. The average Bonchev–Trinajstić information content (AvgIpc) is 2.89. The number of rotatable bonds is 4. The molecule has 0 spiro atoms. The molecular weight excluding hydrogens is 278 g/mol. The SMILES string of the molecule is C[C@@H](NC(=O)/C=C/c1cccs1)c1cccc(Cl)c1. The molecule has 1 heterocycles. The second kappa shape index (κ2) is 6.55. The molecule has 0 bridgehead atoms. The maximum Gasteiger partial charge on any atom is 0.244 e. The van der Waals surface area contributed by atoms with Gasteiger partial charge in [-0.15, -0.1) is 11.3 Å². The fraction of sp³-hybridized carbons (Fsp3) is 0.133. The maximum absolute atomic E-state index is 11.8. The Kier molecular flexibility index (Phi) is 4.77. The number of thiophene rings is 1. The molecule has 1 atom stereocenters. The number of nitrogens with one attached hydrogen (secondary N) is 1. The molecule has 0 aliphatic heterocycles. The summed E-state index contributed by atoms with van der Waals surface area (Å²) < 4.78 is 0. The summed E-state index contributed by atoms with van der Waals surface area (Å²) in [6, 6.07) is 11.3. The van der Waals surface area contributed by atoms with Gasteiger partial charge < -0.3 is 5.32 Å². The van der Waals surface area contributed by atoms with Crippen LogP contribution in [0, 0.1) is 0 Å². The van der Waals surface area contributed by atoms with E-state index in [1.54, 1.807) is 17.4 Å². The number of amides is 1. The van der Waals surface area contributed by atoms with Gasteiger partial charge in [0.15, 0.2) is 0 Å². The summed E-state index contributed by atoms with van der Waals surface area (Å²) in [5, 5.41) is 5.56. The van der Waals surface area contributed by atoms with E-state index in [0.29, 0.717) is 5.02 Å². The van der Waals surface area contributed by atoms with E-state index in [2.05, 4.69) is 5.32 Å². The lowest BCUT2D eigenvalue weighted by Gasteiger charge is -2.13. The molecule has 2 rings (SSSR count). The minimum atomic E-state index is -0.110. The lowest BCUT2D eigenvalue weighted by atomic mass is 10.1. The first kappa shape index (κ1) is 13.8. The first-order chi connectivity index (χ1) is 9.15. The van der Waals surface area contributed by atoms with Gasteiger partial charge >= 0.3 is 0 Å². The molecule has 1 aromatic carbocycles. The first-order valence-corrected chi connectivity index (χ1v) is 7.18. The normalized spacial score (nSPS) is 12.5. The molecule has 2 nitrogen and oxygen atoms in total. The van der Waals surface area contributed by atoms with Gasteiger partial charge in [0.1, 0.15) is 0 Å². The number of halogens is 1. The molecule has 0 saturated heterocycles. The van der Waals surface area contributed by atoms with E-state index in [1.165, 1.54) is 0 Å². The number of hydrogen-bond donors (Lipinski definition) is 1. The predicted molar refractivity (Wildman–Crippen MR) is 81.4 cm³/mol. The quantitative estimate of drug-likeness (QED) is 0.837. The number of benzene rings is 1. The van der Waals surface area contributed by atoms with Crippen LogP contribution < -0.4 is 5.32 Å². The van der Waals surface area contributed by atoms with E-state index in [4.69, 9.17) is 11.6 Å². The van der Waals surface area contributed by atoms with Crippen molar-refractivity contribution < 1.29 is 4.79 Å². The zero-order chi connectivity index (χ0) is 13.7. The standard InChI is InChI=1S/C15H14ClNOS/c1-11(12-4-2-5-13(16)10-12)17-15(18)8-7-14-6-3-9-19-14/h2-11H,1H3,(H,17,18)/b8-7+/t11-/m1/s1. The molecule has 19 heavy (non-hydrogen) atoms. The number of carbonyl (C=O) groups excluding carboxylic acids is 1. The van der Waals surface area contributed by atoms with E-state index in [1.807, 2.05) is 54.8 Å². The van der Waals surface area contributed by atoms with Crippen molar-refractivity contribution in [2.45, 2.75) is 13.0 Å². The van der Waals surface area contributed by atoms with Crippen LogP contribution in [0.1, 0.15) is 23.4 Å². The molecule has 4 heteroatoms. The van der Waals surface area contributed by atoms with Gasteiger partial charge in [0.05, 0.1) is 6.04 Å². The van der Waals surface area contributed by atoms with E-state index in [0.717, 1.165) is 10.4 Å². The van der Waals surface area contributed by atoms with Crippen LogP contribution >= 0.6 is 22.9 Å². The third kappa shape index (κ3) is 4.23. The van der Waals surface area contributed by atoms with E-state index < -0.39 is 0 Å². The first-order valence-electron chi connectivity index (χ1n) is 5.93. The summed E-state index contributed by atoms with van der Waals surface area (Å²) in [5.41, 5.74) is 0.991. The number of carbonyl (C=O) groups is 1. The van der Waals surface area contributed by atoms with Crippen molar-refractivity contribution in [2.24, 2.45) is 0 Å². The molecule has 1 aromatic heterocycles. The summed E-state index contributed by atoms with van der Waals surface area (Å²) in [4.78, 5) is 12.8. The van der Waals surface area contributed by atoms with Crippen LogP contribution in [0.15, 0.2) is 47.9 Å². The van der Waals surface area contributed by atoms with Crippen molar-refractivity contribution in [3.63, 3.8) is 0 Å². The molecule has 1 amide bonds. The molecule has 1 N–H and O–H groups in total. The molecule has 0 saturated carbocycles. The van der Waals surface area contributed by atoms with Crippen molar-refractivity contribution in [1.82, 2.24) is 5.32 Å². The summed E-state index contributed by atoms with van der Waals surface area (Å²) in [6.45, 7) is 1.93. The minimum absolute atomic E-state index is 0.0702. The molecule has 2 aromatic rings. The highest BCUT2D eigenvalue weighted by Crippen LogP contribution is 2.17. The van der Waals surface area contributed by atoms with Gasteiger partial charge in [-0.05, 0) is 42.1 Å². The average molecular weight is 292 g/mol. The summed E-state index contributed by atoms with van der Waals surface area (Å²) in [5.74, 6) is -0.110. The Morgan fingerprint density at radius 1 is 1.37 bits per heavy atom. The Bertz CT molecular complexity index is 578. The van der Waals surface area contributed by atoms with Crippen molar-refractivity contribution in [1.29, 1.82) is 0 Å². The monoisotopic (exact) mass is 291 g/mol. The van der Waals surface area contributed by atoms with Crippen LogP contribution in [0.25, 0.3) is 6.08 Å². The Labute approximate surface area is 121 Å². The van der Waals surface area contributed by atoms with E-state index in [9.17, 15) is 4.79 Å². The van der Waals surface area contributed by atoms with Gasteiger partial charge in [0.2, 0.25) is 5.91 Å². The molecule has 0 radical (unpaired) electrons. The second-order valence-electron chi connectivity index (χ2n) is 4.13. The fourth-order valence-electron chi connectivity index (χ4n) is 1.66. The molecular formula is C15H14ClNOS. The summed E-state index contributed by atoms with van der Waals surface area (Å²) in [6.07, 6.45) is 3.36. The highest BCUT2D eigenvalue weighted by Gasteiger charge is 2.07. The van der Waals surface area contributed by atoms with Crippen LogP contribution in [0.4, 0.5) is 0 Å². The van der Waals surface area contributed by atoms with E-state index in [-0.39, 0.29) is 11.9 Å². The summed E-state index contributed by atoms with van der Waals surface area (Å²) in [7, 11) is 0. The Hall–Kier alpha value is -1.58. The topological polar surface area (TPSA) is 29.1 Å². The minimum Gasteiger partial charge on any atom is -0.346 e. The Morgan fingerprint density at radius 3 is 2.89 bits per heavy atom. The van der Waals surface area contributed by atoms with Gasteiger partial charge in [0.25, 0.3) is 0 Å². The predicted octanol–water partition coefficient (Wildman–Crippen LogP) is 4.29. The van der Waals surface area contributed by atoms with Crippen LogP contribution in [0.5, 0.6) is 0 Å². The lowest BCUT2D eigenvalue weighted by molar-refractivity contribution is -0.117. The largest absolute Gasteiger partial charge is 0.346 e. The van der Waals surface area contributed by atoms with Gasteiger partial charge in [-0.3, -0.25) is 4.79 Å². The maximum atomic E-state index is 11.8. The molecule has 0 fully saturated rings. The second-order valence-corrected chi connectivity index (χ2v) is 5.55. The van der Waals surface area contributed by atoms with Crippen LogP contribution in [-0.4, -0.2) is 5.91 Å². The fourth-order valence-corrected chi connectivity index (χ4v) is 2.48.